The first-order valence-corrected chi connectivity index (χ1v) is 17.8. The predicted molar refractivity (Wildman–Crippen MR) is 191 cm³/mol. The number of aromatic hydroxyl groups is 2. The van der Waals surface area contributed by atoms with Gasteiger partial charge in [-0.05, 0) is 63.1 Å². The van der Waals surface area contributed by atoms with Crippen LogP contribution in [0.15, 0.2) is 48.5 Å². The molecule has 18 heteroatoms. The Morgan fingerprint density at radius 2 is 1.15 bits per heavy atom. The van der Waals surface area contributed by atoms with Gasteiger partial charge in [0.25, 0.3) is 0 Å². The minimum absolute atomic E-state index is 0.0164. The zero-order valence-corrected chi connectivity index (χ0v) is 30.7. The van der Waals surface area contributed by atoms with E-state index in [9.17, 15) is 39.0 Å². The molecule has 282 valence electrons. The molecule has 6 rings (SSSR count). The molecule has 4 aliphatic heterocycles. The summed E-state index contributed by atoms with van der Waals surface area (Å²) in [7, 11) is 1.28. The molecule has 0 aromatic heterocycles. The number of nitrogens with two attached hydrogens (primary N) is 3. The number of esters is 1. The van der Waals surface area contributed by atoms with Gasteiger partial charge in [0.15, 0.2) is 5.78 Å². The number of β-lactam (4-membered cyclic amide) rings is 2. The van der Waals surface area contributed by atoms with Gasteiger partial charge in [0, 0.05) is 15.9 Å². The van der Waals surface area contributed by atoms with Crippen molar-refractivity contribution in [2.75, 3.05) is 7.11 Å². The number of hydrogen-bond donors (Lipinski definition) is 7. The molecule has 8 atom stereocenters. The maximum atomic E-state index is 12.5. The number of aliphatic carboxylic acids is 2. The summed E-state index contributed by atoms with van der Waals surface area (Å²) in [6, 6.07) is 8.32. The molecule has 4 saturated heterocycles. The normalized spacial score (nSPS) is 27.2. The predicted octanol–water partition coefficient (Wildman–Crippen LogP) is 1.14. The second-order valence-electron chi connectivity index (χ2n) is 13.7. The molecule has 52 heavy (non-hydrogen) atoms. The summed E-state index contributed by atoms with van der Waals surface area (Å²) < 4.78 is 3.40. The highest BCUT2D eigenvalue weighted by Crippen LogP contribution is 2.54. The van der Waals surface area contributed by atoms with E-state index in [1.165, 1.54) is 64.7 Å². The highest BCUT2D eigenvalue weighted by molar-refractivity contribution is 8.02. The van der Waals surface area contributed by atoms with Gasteiger partial charge in [-0.15, -0.1) is 23.5 Å². The number of Topliss-reactive ketones (excluding diaryl/α,β-unsaturated/α-hetero) is 1. The van der Waals surface area contributed by atoms with E-state index < -0.39 is 63.5 Å². The van der Waals surface area contributed by atoms with Crippen LogP contribution in [0.25, 0.3) is 0 Å². The molecule has 0 saturated carbocycles. The van der Waals surface area contributed by atoms with E-state index in [1.807, 2.05) is 13.8 Å². The van der Waals surface area contributed by atoms with Crippen molar-refractivity contribution in [1.29, 1.82) is 0 Å². The lowest BCUT2D eigenvalue weighted by Gasteiger charge is -2.43. The molecule has 4 heterocycles. The van der Waals surface area contributed by atoms with Crippen LogP contribution >= 0.6 is 23.5 Å². The third kappa shape index (κ3) is 7.85. The summed E-state index contributed by atoms with van der Waals surface area (Å²) in [5.74, 6) is -3.62. The quantitative estimate of drug-likeness (QED) is 0.147. The van der Waals surface area contributed by atoms with E-state index in [4.69, 9.17) is 27.4 Å². The van der Waals surface area contributed by atoms with Crippen LogP contribution in [0.3, 0.4) is 0 Å². The van der Waals surface area contributed by atoms with Crippen LogP contribution in [0, 0.1) is 5.92 Å². The number of fused-ring (bicyclic) bond motifs is 2. The van der Waals surface area contributed by atoms with Gasteiger partial charge in [-0.1, -0.05) is 24.3 Å². The van der Waals surface area contributed by atoms with E-state index >= 15 is 0 Å². The Labute approximate surface area is 308 Å². The summed E-state index contributed by atoms with van der Waals surface area (Å²) in [5, 5.41) is 36.2. The molecule has 0 aliphatic carbocycles. The number of nitrogens with zero attached hydrogens (tertiary/aromatic N) is 2. The molecule has 8 unspecified atom stereocenters. The summed E-state index contributed by atoms with van der Waals surface area (Å²) in [4.78, 5) is 72.5. The lowest BCUT2D eigenvalue weighted by atomic mass is 9.86. The lowest BCUT2D eigenvalue weighted by Crippen LogP contribution is -2.68. The number of benzene rings is 2. The number of carboxylic acid groups (broad SMARTS) is 2. The monoisotopic (exact) mass is 761 g/mol. The molecule has 4 aliphatic rings. The average Bonchev–Trinajstić information content (AvgIpc) is 3.51. The number of carbonyl (C=O) groups is 6. The van der Waals surface area contributed by atoms with Crippen molar-refractivity contribution in [2.45, 2.75) is 84.6 Å². The van der Waals surface area contributed by atoms with E-state index in [1.54, 1.807) is 38.1 Å². The first kappa shape index (κ1) is 40.4. The van der Waals surface area contributed by atoms with E-state index in [2.05, 4.69) is 4.74 Å². The molecule has 0 bridgehead atoms. The standard InChI is InChI=1S/C17H20N2O5S.C9H11NO3.C8H12N2O3S/c1-17(2)13(16(23)24)19-14(22)10(15(19)25-17)7-11(21)12(18)8-3-5-9(20)6-4-8;1-13-9(12)8(10)6-2-4-7(11)5-3-6;1-8(2)4(7(12)13)10-5(11)3(9)6(10)14-8/h3-6,10,12-13,15,20H,7,18H2,1-2H3,(H,23,24);2-5,8,11H,10H2,1H3;3-4,6H,9H2,1-2H3,(H,12,13). The number of rotatable bonds is 8. The van der Waals surface area contributed by atoms with E-state index in [-0.39, 0.29) is 46.3 Å². The minimum Gasteiger partial charge on any atom is -0.508 e. The number of carbonyl (C=O) groups excluding carboxylic acids is 4. The number of phenolic OH excluding ortho intramolecular Hbond substituents is 2. The van der Waals surface area contributed by atoms with Gasteiger partial charge in [-0.25, -0.2) is 9.59 Å². The number of amides is 2. The number of hydrogen-bond acceptors (Lipinski definition) is 14. The van der Waals surface area contributed by atoms with Gasteiger partial charge in [-0.3, -0.25) is 19.2 Å². The smallest absolute Gasteiger partial charge is 0.327 e. The van der Waals surface area contributed by atoms with Gasteiger partial charge >= 0.3 is 17.9 Å². The largest absolute Gasteiger partial charge is 0.508 e. The van der Waals surface area contributed by atoms with Crippen LogP contribution < -0.4 is 17.2 Å². The molecule has 2 aromatic carbocycles. The zero-order chi connectivity index (χ0) is 39.0. The second-order valence-corrected chi connectivity index (χ2v) is 17.2. The fourth-order valence-corrected chi connectivity index (χ4v) is 9.73. The van der Waals surface area contributed by atoms with Crippen LogP contribution in [0.2, 0.25) is 0 Å². The van der Waals surface area contributed by atoms with E-state index in [0.717, 1.165) is 0 Å². The highest BCUT2D eigenvalue weighted by Gasteiger charge is 2.64. The number of ketones is 1. The molecular weight excluding hydrogens is 719 g/mol. The molecule has 2 aromatic rings. The van der Waals surface area contributed by atoms with Crippen molar-refractivity contribution >= 4 is 59.0 Å². The first-order chi connectivity index (χ1) is 24.1. The molecule has 10 N–H and O–H groups in total. The number of methoxy groups -OCH3 is 1. The number of phenols is 2. The lowest BCUT2D eigenvalue weighted by molar-refractivity contribution is -0.164. The Bertz CT molecular complexity index is 1720. The third-order valence-corrected chi connectivity index (χ3v) is 12.4. The maximum absolute atomic E-state index is 12.5. The van der Waals surface area contributed by atoms with Crippen LogP contribution in [-0.2, 0) is 33.5 Å². The topological polar surface area (TPSA) is 277 Å². The highest BCUT2D eigenvalue weighted by atomic mass is 32.2. The molecule has 4 fully saturated rings. The van der Waals surface area contributed by atoms with Crippen LogP contribution in [0.1, 0.15) is 57.3 Å². The van der Waals surface area contributed by atoms with Gasteiger partial charge in [-0.2, -0.15) is 0 Å². The van der Waals surface area contributed by atoms with Crippen LogP contribution in [0.5, 0.6) is 11.5 Å². The van der Waals surface area contributed by atoms with Crippen LogP contribution in [-0.4, -0.2) is 111 Å². The Hall–Kier alpha value is -4.36. The van der Waals surface area contributed by atoms with Crippen molar-refractivity contribution < 1.29 is 53.9 Å². The average molecular weight is 762 g/mol. The summed E-state index contributed by atoms with van der Waals surface area (Å²) >= 11 is 2.88. The minimum atomic E-state index is -1.03. The van der Waals surface area contributed by atoms with Crippen molar-refractivity contribution in [2.24, 2.45) is 23.1 Å². The Morgan fingerprint density at radius 3 is 1.58 bits per heavy atom. The van der Waals surface area contributed by atoms with Crippen molar-refractivity contribution in [3.05, 3.63) is 59.7 Å². The molecular formula is C34H43N5O11S2. The van der Waals surface area contributed by atoms with Crippen molar-refractivity contribution in [1.82, 2.24) is 9.80 Å². The van der Waals surface area contributed by atoms with Gasteiger partial charge in [0.1, 0.15) is 41.0 Å². The summed E-state index contributed by atoms with van der Waals surface area (Å²) in [5.41, 5.74) is 18.3. The Balaban J connectivity index is 0.000000190. The van der Waals surface area contributed by atoms with Crippen molar-refractivity contribution in [3.8, 4) is 11.5 Å². The molecule has 2 amide bonds. The molecule has 0 radical (unpaired) electrons. The SMILES string of the molecule is CC1(C)SC2C(CC(=O)C(N)c3ccc(O)cc3)C(=O)N2C1C(=O)O.CC1(C)SC2C(N)C(=O)N2C1C(=O)O.COC(=O)C(N)c1ccc(O)cc1. The summed E-state index contributed by atoms with van der Waals surface area (Å²) in [6.07, 6.45) is -0.0164. The summed E-state index contributed by atoms with van der Waals surface area (Å²) in [6.45, 7) is 7.25. The number of carboxylic acids is 2. The third-order valence-electron chi connectivity index (χ3n) is 9.23. The van der Waals surface area contributed by atoms with Gasteiger partial charge in [0.2, 0.25) is 11.8 Å². The zero-order valence-electron chi connectivity index (χ0n) is 29.0. The Kier molecular flexibility index (Phi) is 11.9. The fraction of sp³-hybridized carbons (Fsp3) is 0.471. The first-order valence-electron chi connectivity index (χ1n) is 16.0. The number of ether oxygens (including phenoxy) is 1. The number of thioether (sulfide) groups is 2. The van der Waals surface area contributed by atoms with E-state index in [0.29, 0.717) is 11.1 Å². The fourth-order valence-electron chi connectivity index (χ4n) is 6.48. The molecule has 16 nitrogen and oxygen atoms in total. The maximum Gasteiger partial charge on any atom is 0.327 e. The van der Waals surface area contributed by atoms with Gasteiger partial charge in [0.05, 0.1) is 24.4 Å². The van der Waals surface area contributed by atoms with Crippen LogP contribution in [0.4, 0.5) is 0 Å². The van der Waals surface area contributed by atoms with Gasteiger partial charge < -0.3 is 52.2 Å². The second kappa shape index (κ2) is 15.3. The van der Waals surface area contributed by atoms with Crippen molar-refractivity contribution in [3.63, 3.8) is 0 Å². The molecule has 0 spiro atoms. The Morgan fingerprint density at radius 1 is 0.750 bits per heavy atom.